The van der Waals surface area contributed by atoms with E-state index in [0.29, 0.717) is 30.4 Å². The van der Waals surface area contributed by atoms with Gasteiger partial charge in [0.2, 0.25) is 70.9 Å². The van der Waals surface area contributed by atoms with E-state index in [0.717, 1.165) is 0 Å². The molecule has 0 unspecified atom stereocenters. The molecule has 0 heterocycles. The van der Waals surface area contributed by atoms with Crippen molar-refractivity contribution < 1.29 is 82.4 Å². The number of aliphatic carboxylic acids is 2. The molecular formula is C54H80N14O17. The number of aromatic hydroxyl groups is 1. The number of primary amides is 3. The third-order valence-corrected chi connectivity index (χ3v) is 13.2. The predicted molar refractivity (Wildman–Crippen MR) is 302 cm³/mol. The number of carboxylic acid groups (broad SMARTS) is 2. The Bertz CT molecular complexity index is 2680. The van der Waals surface area contributed by atoms with Crippen LogP contribution in [-0.2, 0) is 80.0 Å². The zero-order chi connectivity index (χ0) is 64.1. The summed E-state index contributed by atoms with van der Waals surface area (Å²) in [7, 11) is 0. The fraction of sp³-hybridized carbons (Fsp3) is 0.519. The molecule has 11 atom stereocenters. The van der Waals surface area contributed by atoms with Gasteiger partial charge in [0.1, 0.15) is 60.1 Å². The molecule has 0 saturated heterocycles. The maximum absolute atomic E-state index is 14.1. The number of phenolic OH excluding ortho intramolecular Hbond substituents is 1. The summed E-state index contributed by atoms with van der Waals surface area (Å²) in [6.45, 7) is 6.04. The second-order valence-electron chi connectivity index (χ2n) is 20.3. The van der Waals surface area contributed by atoms with Gasteiger partial charge in [-0.3, -0.25) is 62.3 Å². The number of phenols is 1. The van der Waals surface area contributed by atoms with E-state index < -0.39 is 188 Å². The van der Waals surface area contributed by atoms with E-state index in [1.807, 2.05) is 0 Å². The SMILES string of the molecule is CC[C@H](C)[C@H](NC(=O)[C@@H](N)CC(=O)O)C(=O)N[C@@H](Cc1ccc(O)cc1)C(=O)N[C@@H](C)C(=O)N[C@@H](Cc1ccccc1)C(=O)N[C@@H](C)C(=O)N[C@@H](CCC(N)=O)C(=O)N[C@@H](CC(N)=O)C(=O)N[C@@H](CCC(N)=O)C(=O)N[C@@H](CCCCN)C(=O)O. The maximum atomic E-state index is 14.1. The molecule has 22 N–H and O–H groups in total. The third kappa shape index (κ3) is 26.7. The first-order chi connectivity index (χ1) is 40.0. The molecule has 0 bridgehead atoms. The van der Waals surface area contributed by atoms with Crippen LogP contribution < -0.4 is 76.5 Å². The fourth-order valence-electron chi connectivity index (χ4n) is 8.08. The van der Waals surface area contributed by atoms with Gasteiger partial charge < -0.3 is 91.8 Å². The number of carboxylic acids is 2. The molecule has 0 saturated carbocycles. The van der Waals surface area contributed by atoms with E-state index in [1.54, 1.807) is 44.2 Å². The Hall–Kier alpha value is -9.26. The number of hydrogen-bond acceptors (Lipinski definition) is 17. The summed E-state index contributed by atoms with van der Waals surface area (Å²) in [5, 5.41) is 50.4. The van der Waals surface area contributed by atoms with Gasteiger partial charge in [0, 0.05) is 25.7 Å². The Labute approximate surface area is 489 Å². The summed E-state index contributed by atoms with van der Waals surface area (Å²) in [6, 6.07) is -1.61. The van der Waals surface area contributed by atoms with Crippen molar-refractivity contribution in [2.24, 2.45) is 34.6 Å². The van der Waals surface area contributed by atoms with E-state index in [1.165, 1.54) is 38.1 Å². The number of amides is 12. The van der Waals surface area contributed by atoms with Crippen LogP contribution in [-0.4, -0.2) is 165 Å². The molecule has 468 valence electrons. The quantitative estimate of drug-likeness (QED) is 0.0279. The summed E-state index contributed by atoms with van der Waals surface area (Å²) in [4.78, 5) is 183. The molecule has 2 rings (SSSR count). The van der Waals surface area contributed by atoms with Crippen molar-refractivity contribution in [3.05, 3.63) is 65.7 Å². The smallest absolute Gasteiger partial charge is 0.326 e. The normalized spacial score (nSPS) is 14.8. The molecular weight excluding hydrogens is 1120 g/mol. The van der Waals surface area contributed by atoms with E-state index in [2.05, 4.69) is 47.9 Å². The number of carbonyl (C=O) groups excluding carboxylic acids is 12. The van der Waals surface area contributed by atoms with E-state index in [4.69, 9.17) is 33.8 Å². The lowest BCUT2D eigenvalue weighted by Gasteiger charge is -2.28. The molecule has 0 aliphatic carbocycles. The molecule has 0 aliphatic heterocycles. The number of unbranched alkanes of at least 4 members (excludes halogenated alkanes) is 1. The average molecular weight is 1200 g/mol. The van der Waals surface area contributed by atoms with Crippen LogP contribution in [0.2, 0.25) is 0 Å². The van der Waals surface area contributed by atoms with Crippen molar-refractivity contribution in [3.63, 3.8) is 0 Å². The molecule has 0 radical (unpaired) electrons. The van der Waals surface area contributed by atoms with Crippen LogP contribution in [0.1, 0.15) is 103 Å². The van der Waals surface area contributed by atoms with Crippen molar-refractivity contribution >= 4 is 82.8 Å². The minimum absolute atomic E-state index is 0.0530. The van der Waals surface area contributed by atoms with Gasteiger partial charge >= 0.3 is 11.9 Å². The van der Waals surface area contributed by atoms with Crippen LogP contribution in [0.3, 0.4) is 0 Å². The Morgan fingerprint density at radius 1 is 0.459 bits per heavy atom. The molecule has 0 aromatic heterocycles. The summed E-state index contributed by atoms with van der Waals surface area (Å²) < 4.78 is 0. The molecule has 0 aliphatic rings. The van der Waals surface area contributed by atoms with E-state index >= 15 is 0 Å². The van der Waals surface area contributed by atoms with Crippen LogP contribution >= 0.6 is 0 Å². The fourth-order valence-corrected chi connectivity index (χ4v) is 8.08. The number of nitrogens with two attached hydrogens (primary N) is 5. The van der Waals surface area contributed by atoms with Crippen molar-refractivity contribution in [1.82, 2.24) is 47.9 Å². The van der Waals surface area contributed by atoms with E-state index in [-0.39, 0.29) is 31.6 Å². The minimum Gasteiger partial charge on any atom is -0.508 e. The Morgan fingerprint density at radius 2 is 0.882 bits per heavy atom. The molecule has 31 nitrogen and oxygen atoms in total. The lowest BCUT2D eigenvalue weighted by Crippen LogP contribution is -2.61. The monoisotopic (exact) mass is 1200 g/mol. The van der Waals surface area contributed by atoms with Crippen LogP contribution in [0, 0.1) is 5.92 Å². The third-order valence-electron chi connectivity index (χ3n) is 13.2. The van der Waals surface area contributed by atoms with Crippen LogP contribution in [0.5, 0.6) is 5.75 Å². The highest BCUT2D eigenvalue weighted by Gasteiger charge is 2.36. The van der Waals surface area contributed by atoms with Gasteiger partial charge in [0.15, 0.2) is 0 Å². The predicted octanol–water partition coefficient (Wildman–Crippen LogP) is -4.95. The Kier molecular flexibility index (Phi) is 30.7. The van der Waals surface area contributed by atoms with Crippen LogP contribution in [0.4, 0.5) is 0 Å². The maximum Gasteiger partial charge on any atom is 0.326 e. The lowest BCUT2D eigenvalue weighted by atomic mass is 9.96. The van der Waals surface area contributed by atoms with Crippen LogP contribution in [0.25, 0.3) is 0 Å². The molecule has 0 fully saturated rings. The second kappa shape index (κ2) is 36.3. The average Bonchev–Trinajstić information content (AvgIpc) is 3.43. The summed E-state index contributed by atoms with van der Waals surface area (Å²) in [6.07, 6.45) is -3.05. The van der Waals surface area contributed by atoms with Gasteiger partial charge in [0.25, 0.3) is 0 Å². The van der Waals surface area contributed by atoms with Gasteiger partial charge in [-0.25, -0.2) is 4.79 Å². The summed E-state index contributed by atoms with van der Waals surface area (Å²) in [5.74, 6) is -15.6. The van der Waals surface area contributed by atoms with Gasteiger partial charge in [-0.05, 0) is 81.7 Å². The Morgan fingerprint density at radius 3 is 1.33 bits per heavy atom. The molecule has 2 aromatic rings. The molecule has 2 aromatic carbocycles. The molecule has 85 heavy (non-hydrogen) atoms. The van der Waals surface area contributed by atoms with Crippen molar-refractivity contribution in [3.8, 4) is 5.75 Å². The summed E-state index contributed by atoms with van der Waals surface area (Å²) >= 11 is 0. The highest BCUT2D eigenvalue weighted by Crippen LogP contribution is 2.15. The first-order valence-corrected chi connectivity index (χ1v) is 27.3. The van der Waals surface area contributed by atoms with Crippen LogP contribution in [0.15, 0.2) is 54.6 Å². The molecule has 0 spiro atoms. The van der Waals surface area contributed by atoms with Gasteiger partial charge in [-0.15, -0.1) is 0 Å². The van der Waals surface area contributed by atoms with Crippen molar-refractivity contribution in [2.75, 3.05) is 6.54 Å². The van der Waals surface area contributed by atoms with Gasteiger partial charge in [-0.2, -0.15) is 0 Å². The van der Waals surface area contributed by atoms with Crippen molar-refractivity contribution in [1.29, 1.82) is 0 Å². The molecule has 12 amide bonds. The number of benzene rings is 2. The zero-order valence-corrected chi connectivity index (χ0v) is 47.7. The number of hydrogen-bond donors (Lipinski definition) is 17. The van der Waals surface area contributed by atoms with Gasteiger partial charge in [0.05, 0.1) is 18.9 Å². The highest BCUT2D eigenvalue weighted by molar-refractivity contribution is 5.99. The minimum atomic E-state index is -1.89. The second-order valence-corrected chi connectivity index (χ2v) is 20.3. The highest BCUT2D eigenvalue weighted by atomic mass is 16.4. The van der Waals surface area contributed by atoms with Gasteiger partial charge in [-0.1, -0.05) is 62.7 Å². The Balaban J connectivity index is 2.39. The number of carbonyl (C=O) groups is 14. The zero-order valence-electron chi connectivity index (χ0n) is 47.7. The summed E-state index contributed by atoms with van der Waals surface area (Å²) in [5.41, 5.74) is 28.2. The lowest BCUT2D eigenvalue weighted by molar-refractivity contribution is -0.143. The standard InChI is InChI=1S/C54H80N14O17/c1-5-27(2)44(68-47(77)33(56)25-43(73)74)53(83)67-38(24-31-14-16-32(69)17-15-31)51(81)61-29(4)46(76)65-37(23-30-11-7-6-8-12-30)50(80)60-28(3)45(75)62-34(18-20-40(57)70)49(79)66-39(26-42(59)72)52(82)63-35(19-21-41(58)71)48(78)64-36(54(84)85)13-9-10-22-55/h6-8,11-12,14-17,27-29,33-39,44,69H,5,9-10,13,18-26,55-56H2,1-4H3,(H2,57,70)(H2,58,71)(H2,59,72)(H,60,80)(H,61,81)(H,62,75)(H,63,82)(H,64,78)(H,65,76)(H,66,79)(H,67,83)(H,68,77)(H,73,74)(H,84,85)/t27-,28-,29-,33-,34-,35-,36-,37-,38-,39-,44-/m0/s1. The number of nitrogens with one attached hydrogen (secondary N) is 9. The largest absolute Gasteiger partial charge is 0.508 e. The number of rotatable bonds is 39. The molecule has 31 heteroatoms. The van der Waals surface area contributed by atoms with Crippen molar-refractivity contribution in [2.45, 2.75) is 165 Å². The topological polar surface area (TPSA) is 538 Å². The first-order valence-electron chi connectivity index (χ1n) is 27.3. The van der Waals surface area contributed by atoms with E-state index in [9.17, 15) is 77.3 Å². The first kappa shape index (κ1) is 71.8.